The average Bonchev–Trinajstić information content (AvgIpc) is 2.84. The predicted octanol–water partition coefficient (Wildman–Crippen LogP) is 7.94. The Morgan fingerprint density at radius 3 is 2.15 bits per heavy atom. The third-order valence-corrected chi connectivity index (χ3v) is 7.01. The van der Waals surface area contributed by atoms with E-state index in [1.807, 2.05) is 30.3 Å². The molecule has 3 unspecified atom stereocenters. The fourth-order valence-corrected chi connectivity index (χ4v) is 5.02. The number of benzene rings is 2. The summed E-state index contributed by atoms with van der Waals surface area (Å²) in [5, 5.41) is 7.32. The number of likely N-dealkylation sites (N-methyl/N-ethyl adjacent to an activating group) is 1. The van der Waals surface area contributed by atoms with Crippen LogP contribution in [0.2, 0.25) is 0 Å². The molecule has 3 rings (SSSR count). The van der Waals surface area contributed by atoms with Gasteiger partial charge in [0.1, 0.15) is 0 Å². The molecule has 1 saturated carbocycles. The van der Waals surface area contributed by atoms with Crippen LogP contribution in [-0.2, 0) is 12.8 Å². The summed E-state index contributed by atoms with van der Waals surface area (Å²) >= 11 is 0. The maximum absolute atomic E-state index is 13.4. The van der Waals surface area contributed by atoms with Gasteiger partial charge in [0, 0.05) is 19.5 Å². The first kappa shape index (κ1) is 27.9. The summed E-state index contributed by atoms with van der Waals surface area (Å²) in [5.74, 6) is -1.56. The Bertz CT molecular complexity index is 856. The smallest absolute Gasteiger partial charge is 0.301 e. The third-order valence-electron chi connectivity index (χ3n) is 7.01. The topological polar surface area (TPSA) is 27.0 Å². The second-order valence-corrected chi connectivity index (χ2v) is 9.26. The van der Waals surface area contributed by atoms with Crippen molar-refractivity contribution in [3.05, 3.63) is 71.3 Å². The Hall–Kier alpha value is -2.32. The zero-order valence-electron chi connectivity index (χ0n) is 20.8. The molecule has 2 nitrogen and oxygen atoms in total. The molecular formula is C29H39F3N2. The Balaban J connectivity index is 0.00000129. The van der Waals surface area contributed by atoms with Gasteiger partial charge in [-0.05, 0) is 68.2 Å². The number of hydrogen-bond acceptors (Lipinski definition) is 2. The number of hydrogen-bond donors (Lipinski definition) is 0. The van der Waals surface area contributed by atoms with Crippen molar-refractivity contribution in [3.8, 4) is 6.07 Å². The summed E-state index contributed by atoms with van der Waals surface area (Å²) in [6.45, 7) is 7.98. The van der Waals surface area contributed by atoms with Gasteiger partial charge in [0.25, 0.3) is 0 Å². The van der Waals surface area contributed by atoms with Gasteiger partial charge < -0.3 is 4.90 Å². The van der Waals surface area contributed by atoms with Crippen molar-refractivity contribution in [2.75, 3.05) is 13.1 Å². The first-order valence-electron chi connectivity index (χ1n) is 12.5. The summed E-state index contributed by atoms with van der Waals surface area (Å²) < 4.78 is 40.3. The SMILES string of the molecule is CC#N.CCN(CCc1ccccc1)C(C)CCc1ccc(C2CCCCC2C(F)(F)F)cc1. The highest BCUT2D eigenvalue weighted by Crippen LogP contribution is 2.46. The second kappa shape index (κ2) is 14.2. The number of rotatable bonds is 9. The van der Waals surface area contributed by atoms with Gasteiger partial charge in [0.2, 0.25) is 0 Å². The normalized spacial score (nSPS) is 19.1. The van der Waals surface area contributed by atoms with E-state index in [9.17, 15) is 13.2 Å². The van der Waals surface area contributed by atoms with Crippen molar-refractivity contribution in [1.29, 1.82) is 5.26 Å². The highest BCUT2D eigenvalue weighted by Gasteiger charge is 2.45. The lowest BCUT2D eigenvalue weighted by atomic mass is 9.75. The fourth-order valence-electron chi connectivity index (χ4n) is 5.02. The van der Waals surface area contributed by atoms with Crippen LogP contribution >= 0.6 is 0 Å². The Morgan fingerprint density at radius 2 is 1.56 bits per heavy atom. The molecule has 1 aliphatic rings. The molecule has 1 aliphatic carbocycles. The molecule has 0 bridgehead atoms. The first-order chi connectivity index (χ1) is 16.3. The van der Waals surface area contributed by atoms with Gasteiger partial charge in [0.05, 0.1) is 12.0 Å². The minimum atomic E-state index is -4.09. The van der Waals surface area contributed by atoms with Crippen LogP contribution in [0.25, 0.3) is 0 Å². The predicted molar refractivity (Wildman–Crippen MR) is 134 cm³/mol. The van der Waals surface area contributed by atoms with Crippen molar-refractivity contribution < 1.29 is 13.2 Å². The number of nitriles is 1. The monoisotopic (exact) mass is 472 g/mol. The molecule has 0 N–H and O–H groups in total. The summed E-state index contributed by atoms with van der Waals surface area (Å²) in [6.07, 6.45) is 1.46. The van der Waals surface area contributed by atoms with Crippen molar-refractivity contribution in [3.63, 3.8) is 0 Å². The number of aryl methyl sites for hydroxylation is 1. The Labute approximate surface area is 203 Å². The zero-order chi connectivity index (χ0) is 25.0. The summed E-state index contributed by atoms with van der Waals surface area (Å²) in [6, 6.07) is 20.8. The minimum absolute atomic E-state index is 0.267. The van der Waals surface area contributed by atoms with Gasteiger partial charge in [-0.25, -0.2) is 0 Å². The van der Waals surface area contributed by atoms with Crippen LogP contribution in [0.3, 0.4) is 0 Å². The number of alkyl halides is 3. The molecule has 2 aromatic rings. The van der Waals surface area contributed by atoms with Crippen molar-refractivity contribution in [2.45, 2.75) is 83.9 Å². The second-order valence-electron chi connectivity index (χ2n) is 9.26. The van der Waals surface area contributed by atoms with Gasteiger partial charge in [-0.3, -0.25) is 0 Å². The molecule has 0 saturated heterocycles. The molecule has 0 heterocycles. The van der Waals surface area contributed by atoms with E-state index in [1.54, 1.807) is 6.07 Å². The molecule has 0 spiro atoms. The van der Waals surface area contributed by atoms with E-state index in [0.717, 1.165) is 44.3 Å². The highest BCUT2D eigenvalue weighted by atomic mass is 19.4. The maximum Gasteiger partial charge on any atom is 0.392 e. The maximum atomic E-state index is 13.4. The average molecular weight is 473 g/mol. The van der Waals surface area contributed by atoms with Gasteiger partial charge in [-0.1, -0.05) is 74.4 Å². The van der Waals surface area contributed by atoms with Crippen LogP contribution in [0, 0.1) is 17.2 Å². The molecule has 34 heavy (non-hydrogen) atoms. The van der Waals surface area contributed by atoms with E-state index >= 15 is 0 Å². The first-order valence-corrected chi connectivity index (χ1v) is 12.5. The van der Waals surface area contributed by atoms with E-state index in [4.69, 9.17) is 5.26 Å². The highest BCUT2D eigenvalue weighted by molar-refractivity contribution is 5.27. The van der Waals surface area contributed by atoms with Gasteiger partial charge in [-0.15, -0.1) is 0 Å². The zero-order valence-corrected chi connectivity index (χ0v) is 20.8. The molecule has 2 aromatic carbocycles. The Kier molecular flexibility index (Phi) is 11.6. The fraction of sp³-hybridized carbons (Fsp3) is 0.552. The number of halogens is 3. The summed E-state index contributed by atoms with van der Waals surface area (Å²) in [4.78, 5) is 2.51. The van der Waals surface area contributed by atoms with Gasteiger partial charge >= 0.3 is 6.18 Å². The molecule has 186 valence electrons. The molecule has 0 radical (unpaired) electrons. The van der Waals surface area contributed by atoms with Gasteiger partial charge in [0.15, 0.2) is 0 Å². The van der Waals surface area contributed by atoms with Crippen LogP contribution in [0.15, 0.2) is 54.6 Å². The lowest BCUT2D eigenvalue weighted by Crippen LogP contribution is -2.35. The van der Waals surface area contributed by atoms with E-state index < -0.39 is 12.1 Å². The lowest BCUT2D eigenvalue weighted by Gasteiger charge is -2.33. The van der Waals surface area contributed by atoms with Crippen molar-refractivity contribution in [2.24, 2.45) is 5.92 Å². The minimum Gasteiger partial charge on any atom is -0.301 e. The number of nitrogens with zero attached hydrogens (tertiary/aromatic N) is 2. The standard InChI is InChI=1S/C27H36F3N.C2H3N/c1-3-31(20-19-22-9-5-4-6-10-22)21(2)13-14-23-15-17-24(18-16-23)25-11-7-8-12-26(25)27(28,29)30;1-2-3/h4-6,9-10,15-18,21,25-26H,3,7-8,11-14,19-20H2,1-2H3;1H3. The van der Waals surface area contributed by atoms with Crippen molar-refractivity contribution >= 4 is 0 Å². The summed E-state index contributed by atoms with van der Waals surface area (Å²) in [5.41, 5.74) is 3.44. The van der Waals surface area contributed by atoms with E-state index in [-0.39, 0.29) is 12.3 Å². The van der Waals surface area contributed by atoms with Crippen LogP contribution in [0.5, 0.6) is 0 Å². The summed E-state index contributed by atoms with van der Waals surface area (Å²) in [7, 11) is 0. The molecule has 0 aliphatic heterocycles. The molecular weight excluding hydrogens is 433 g/mol. The van der Waals surface area contributed by atoms with Crippen molar-refractivity contribution in [1.82, 2.24) is 4.90 Å². The Morgan fingerprint density at radius 1 is 0.971 bits per heavy atom. The van der Waals surface area contributed by atoms with Crippen LogP contribution in [0.1, 0.15) is 75.5 Å². The molecule has 5 heteroatoms. The van der Waals surface area contributed by atoms with Crippen LogP contribution < -0.4 is 0 Å². The van der Waals surface area contributed by atoms with E-state index in [1.165, 1.54) is 18.1 Å². The largest absolute Gasteiger partial charge is 0.392 e. The molecule has 0 aromatic heterocycles. The quantitative estimate of drug-likeness (QED) is 0.370. The lowest BCUT2D eigenvalue weighted by molar-refractivity contribution is -0.187. The molecule has 3 atom stereocenters. The van der Waals surface area contributed by atoms with Crippen LogP contribution in [-0.4, -0.2) is 30.2 Å². The van der Waals surface area contributed by atoms with Gasteiger partial charge in [-0.2, -0.15) is 18.4 Å². The van der Waals surface area contributed by atoms with Crippen LogP contribution in [0.4, 0.5) is 13.2 Å². The third kappa shape index (κ3) is 8.80. The molecule has 1 fully saturated rings. The van der Waals surface area contributed by atoms with E-state index in [0.29, 0.717) is 18.9 Å². The molecule has 0 amide bonds. The van der Waals surface area contributed by atoms with E-state index in [2.05, 4.69) is 43.0 Å².